The molecular weight excluding hydrogens is 322 g/mol. The van der Waals surface area contributed by atoms with E-state index in [4.69, 9.17) is 10.3 Å². The van der Waals surface area contributed by atoms with Crippen molar-refractivity contribution in [1.82, 2.24) is 15.1 Å². The molecule has 8 heteroatoms. The summed E-state index contributed by atoms with van der Waals surface area (Å²) in [7, 11) is 0. The van der Waals surface area contributed by atoms with Crippen LogP contribution in [0.4, 0.5) is 5.69 Å². The minimum Gasteiger partial charge on any atom is -0.366 e. The van der Waals surface area contributed by atoms with Crippen molar-refractivity contribution in [2.24, 2.45) is 5.73 Å². The number of anilines is 1. The Balaban J connectivity index is 1.69. The van der Waals surface area contributed by atoms with E-state index >= 15 is 0 Å². The largest absolute Gasteiger partial charge is 0.366 e. The highest BCUT2D eigenvalue weighted by Gasteiger charge is 2.14. The summed E-state index contributed by atoms with van der Waals surface area (Å²) in [6, 6.07) is 8.94. The van der Waals surface area contributed by atoms with Gasteiger partial charge in [0.1, 0.15) is 0 Å². The number of hydrogen-bond donors (Lipinski definition) is 2. The Morgan fingerprint density at radius 1 is 1.20 bits per heavy atom. The fraction of sp³-hybridized carbons (Fsp3) is 0.118. The smallest absolute Gasteiger partial charge is 0.259 e. The van der Waals surface area contributed by atoms with Gasteiger partial charge in [-0.1, -0.05) is 22.9 Å². The zero-order chi connectivity index (χ0) is 17.8. The molecule has 0 spiro atoms. The van der Waals surface area contributed by atoms with Crippen LogP contribution in [0.15, 0.2) is 47.2 Å². The van der Waals surface area contributed by atoms with Gasteiger partial charge in [-0.05, 0) is 25.1 Å². The number of nitrogens with zero attached hydrogens (tertiary/aromatic N) is 3. The van der Waals surface area contributed by atoms with E-state index in [9.17, 15) is 9.59 Å². The summed E-state index contributed by atoms with van der Waals surface area (Å²) in [4.78, 5) is 31.3. The Kier molecular flexibility index (Phi) is 4.51. The summed E-state index contributed by atoms with van der Waals surface area (Å²) in [6.45, 7) is 1.97. The summed E-state index contributed by atoms with van der Waals surface area (Å²) < 4.78 is 5.12. The Morgan fingerprint density at radius 3 is 2.68 bits per heavy atom. The van der Waals surface area contributed by atoms with Gasteiger partial charge in [0.2, 0.25) is 11.8 Å². The lowest BCUT2D eigenvalue weighted by atomic mass is 10.2. The highest BCUT2D eigenvalue weighted by Crippen LogP contribution is 2.17. The SMILES string of the molecule is Cc1ccc(NC(=O)Cc2noc(-c3cncc(C(N)=O)c3)n2)cc1. The van der Waals surface area contributed by atoms with Crippen LogP contribution < -0.4 is 11.1 Å². The van der Waals surface area contributed by atoms with Crippen molar-refractivity contribution in [1.29, 1.82) is 0 Å². The third-order valence-corrected chi connectivity index (χ3v) is 3.39. The van der Waals surface area contributed by atoms with Crippen LogP contribution in [-0.4, -0.2) is 26.9 Å². The second kappa shape index (κ2) is 6.91. The molecule has 0 aliphatic rings. The molecule has 0 fully saturated rings. The predicted molar refractivity (Wildman–Crippen MR) is 89.6 cm³/mol. The van der Waals surface area contributed by atoms with Gasteiger partial charge in [0.15, 0.2) is 5.82 Å². The minimum absolute atomic E-state index is 0.0414. The fourth-order valence-corrected chi connectivity index (χ4v) is 2.12. The van der Waals surface area contributed by atoms with Crippen molar-refractivity contribution < 1.29 is 14.1 Å². The molecule has 0 atom stereocenters. The number of nitrogens with one attached hydrogen (secondary N) is 1. The van der Waals surface area contributed by atoms with Crippen LogP contribution in [0.3, 0.4) is 0 Å². The molecule has 3 aromatic rings. The lowest BCUT2D eigenvalue weighted by Crippen LogP contribution is -2.15. The standard InChI is InChI=1S/C17H15N5O3/c1-10-2-4-13(5-3-10)20-15(23)7-14-21-17(25-22-14)12-6-11(16(18)24)8-19-9-12/h2-6,8-9H,7H2,1H3,(H2,18,24)(H,20,23). The first-order valence-corrected chi connectivity index (χ1v) is 7.45. The van der Waals surface area contributed by atoms with Gasteiger partial charge in [0, 0.05) is 18.1 Å². The summed E-state index contributed by atoms with van der Waals surface area (Å²) >= 11 is 0. The molecule has 3 N–H and O–H groups in total. The molecule has 2 heterocycles. The average Bonchev–Trinajstić information content (AvgIpc) is 3.05. The Morgan fingerprint density at radius 2 is 1.96 bits per heavy atom. The molecule has 0 aliphatic heterocycles. The number of rotatable bonds is 5. The second-order valence-corrected chi connectivity index (χ2v) is 5.43. The molecule has 2 aromatic heterocycles. The summed E-state index contributed by atoms with van der Waals surface area (Å²) in [6.07, 6.45) is 2.77. The zero-order valence-corrected chi connectivity index (χ0v) is 13.4. The molecule has 3 rings (SSSR count). The van der Waals surface area contributed by atoms with Gasteiger partial charge in [0.25, 0.3) is 5.89 Å². The molecule has 25 heavy (non-hydrogen) atoms. The third-order valence-electron chi connectivity index (χ3n) is 3.39. The van der Waals surface area contributed by atoms with Gasteiger partial charge >= 0.3 is 0 Å². The van der Waals surface area contributed by atoms with Crippen molar-refractivity contribution in [2.45, 2.75) is 13.3 Å². The van der Waals surface area contributed by atoms with Crippen LogP contribution in [0.1, 0.15) is 21.7 Å². The Bertz CT molecular complexity index is 918. The number of benzene rings is 1. The molecule has 0 aliphatic carbocycles. The fourth-order valence-electron chi connectivity index (χ4n) is 2.12. The molecular formula is C17H15N5O3. The first-order chi connectivity index (χ1) is 12.0. The number of aromatic nitrogens is 3. The molecule has 0 radical (unpaired) electrons. The van der Waals surface area contributed by atoms with Gasteiger partial charge in [-0.2, -0.15) is 4.98 Å². The Labute approximate surface area is 143 Å². The maximum absolute atomic E-state index is 12.0. The predicted octanol–water partition coefficient (Wildman–Crippen LogP) is 1.72. The number of pyridine rings is 1. The molecule has 1 aromatic carbocycles. The number of carbonyl (C=O) groups excluding carboxylic acids is 2. The van der Waals surface area contributed by atoms with Crippen molar-refractivity contribution >= 4 is 17.5 Å². The lowest BCUT2D eigenvalue weighted by Gasteiger charge is -2.03. The number of carbonyl (C=O) groups is 2. The number of aryl methyl sites for hydroxylation is 1. The van der Waals surface area contributed by atoms with E-state index < -0.39 is 5.91 Å². The molecule has 8 nitrogen and oxygen atoms in total. The number of hydrogen-bond acceptors (Lipinski definition) is 6. The molecule has 0 saturated carbocycles. The van der Waals surface area contributed by atoms with Crippen LogP contribution in [0.2, 0.25) is 0 Å². The summed E-state index contributed by atoms with van der Waals surface area (Å²) in [5.41, 5.74) is 7.70. The van der Waals surface area contributed by atoms with E-state index in [2.05, 4.69) is 20.4 Å². The van der Waals surface area contributed by atoms with Crippen LogP contribution in [0, 0.1) is 6.92 Å². The molecule has 126 valence electrons. The Hall–Kier alpha value is -3.55. The van der Waals surface area contributed by atoms with Gasteiger partial charge in [-0.25, -0.2) is 0 Å². The van der Waals surface area contributed by atoms with Crippen LogP contribution in [-0.2, 0) is 11.2 Å². The highest BCUT2D eigenvalue weighted by atomic mass is 16.5. The first-order valence-electron chi connectivity index (χ1n) is 7.45. The summed E-state index contributed by atoms with van der Waals surface area (Å²) in [5, 5.41) is 6.53. The normalized spacial score (nSPS) is 10.4. The number of amides is 2. The highest BCUT2D eigenvalue weighted by molar-refractivity contribution is 5.93. The number of nitrogens with two attached hydrogens (primary N) is 1. The topological polar surface area (TPSA) is 124 Å². The van der Waals surface area contributed by atoms with E-state index in [1.807, 2.05) is 31.2 Å². The lowest BCUT2D eigenvalue weighted by molar-refractivity contribution is -0.115. The van der Waals surface area contributed by atoms with Crippen molar-refractivity contribution in [3.8, 4) is 11.5 Å². The zero-order valence-electron chi connectivity index (χ0n) is 13.4. The van der Waals surface area contributed by atoms with Gasteiger partial charge in [-0.15, -0.1) is 0 Å². The third kappa shape index (κ3) is 4.05. The van der Waals surface area contributed by atoms with Crippen LogP contribution >= 0.6 is 0 Å². The van der Waals surface area contributed by atoms with E-state index in [0.29, 0.717) is 11.3 Å². The second-order valence-electron chi connectivity index (χ2n) is 5.43. The van der Waals surface area contributed by atoms with Crippen molar-refractivity contribution in [3.63, 3.8) is 0 Å². The van der Waals surface area contributed by atoms with Crippen molar-refractivity contribution in [3.05, 3.63) is 59.7 Å². The molecule has 2 amide bonds. The molecule has 0 bridgehead atoms. The number of primary amides is 1. The minimum atomic E-state index is -0.605. The van der Waals surface area contributed by atoms with E-state index in [0.717, 1.165) is 5.56 Å². The van der Waals surface area contributed by atoms with Gasteiger partial charge in [0.05, 0.1) is 17.5 Å². The summed E-state index contributed by atoms with van der Waals surface area (Å²) in [5.74, 6) is -0.482. The van der Waals surface area contributed by atoms with Crippen molar-refractivity contribution in [2.75, 3.05) is 5.32 Å². The van der Waals surface area contributed by atoms with Crippen LogP contribution in [0.25, 0.3) is 11.5 Å². The van der Waals surface area contributed by atoms with Gasteiger partial charge in [-0.3, -0.25) is 14.6 Å². The van der Waals surface area contributed by atoms with E-state index in [1.54, 1.807) is 0 Å². The van der Waals surface area contributed by atoms with Crippen LogP contribution in [0.5, 0.6) is 0 Å². The van der Waals surface area contributed by atoms with E-state index in [-0.39, 0.29) is 29.6 Å². The first kappa shape index (κ1) is 16.3. The van der Waals surface area contributed by atoms with Gasteiger partial charge < -0.3 is 15.6 Å². The maximum Gasteiger partial charge on any atom is 0.259 e. The average molecular weight is 337 g/mol. The van der Waals surface area contributed by atoms with E-state index in [1.165, 1.54) is 18.5 Å². The monoisotopic (exact) mass is 337 g/mol. The molecule has 0 unspecified atom stereocenters. The quantitative estimate of drug-likeness (QED) is 0.730. The maximum atomic E-state index is 12.0. The molecule has 0 saturated heterocycles.